The number of hydrogen-bond donors (Lipinski definition) is 8. The molecule has 23 heteroatoms. The summed E-state index contributed by atoms with van der Waals surface area (Å²) in [5.41, 5.74) is -3.24. The molecule has 9 aliphatic rings. The molecule has 5 aliphatic heterocycles. The Balaban J connectivity index is 0.703. The molecule has 478 valence electrons. The number of aliphatic hydroxyl groups is 8. The maximum absolute atomic E-state index is 13.6. The number of carbonyl (C=O) groups is 2. The number of rotatable bonds is 17. The maximum Gasteiger partial charge on any atom is 0.331 e. The van der Waals surface area contributed by atoms with E-state index in [1.165, 1.54) is 20.1 Å². The number of aliphatic hydroxyl groups excluding tert-OH is 6. The first-order valence-electron chi connectivity index (χ1n) is 30.6. The molecule has 1 aromatic rings. The highest BCUT2D eigenvalue weighted by atomic mass is 16.8. The Labute approximate surface area is 497 Å². The van der Waals surface area contributed by atoms with Gasteiger partial charge in [0.15, 0.2) is 31.5 Å². The number of ketones is 1. The minimum absolute atomic E-state index is 0.0439. The van der Waals surface area contributed by atoms with E-state index >= 15 is 0 Å². The van der Waals surface area contributed by atoms with E-state index < -0.39 is 182 Å². The zero-order chi connectivity index (χ0) is 61.1. The van der Waals surface area contributed by atoms with Crippen molar-refractivity contribution >= 4 is 17.8 Å². The third kappa shape index (κ3) is 12.4. The summed E-state index contributed by atoms with van der Waals surface area (Å²) in [4.78, 5) is 26.9. The molecule has 5 heterocycles. The third-order valence-electron chi connectivity index (χ3n) is 20.9. The van der Waals surface area contributed by atoms with Crippen LogP contribution in [0.1, 0.15) is 125 Å². The first-order chi connectivity index (χ1) is 40.3. The van der Waals surface area contributed by atoms with Crippen molar-refractivity contribution in [2.45, 2.75) is 272 Å². The lowest BCUT2D eigenvalue weighted by molar-refractivity contribution is -0.358. The number of esters is 1. The predicted octanol–water partition coefficient (Wildman–Crippen LogP) is 2.64. The molecule has 0 amide bonds. The Morgan fingerprint density at radius 3 is 1.75 bits per heavy atom. The van der Waals surface area contributed by atoms with Crippen LogP contribution in [0.5, 0.6) is 0 Å². The second-order valence-corrected chi connectivity index (χ2v) is 25.9. The first-order valence-corrected chi connectivity index (χ1v) is 30.6. The molecular formula is C62H92O23. The Hall–Kier alpha value is -2.96. The van der Waals surface area contributed by atoms with Crippen LogP contribution in [0.4, 0.5) is 0 Å². The van der Waals surface area contributed by atoms with Gasteiger partial charge in [-0.2, -0.15) is 0 Å². The second-order valence-electron chi connectivity index (χ2n) is 25.9. The first kappa shape index (κ1) is 65.0. The zero-order valence-electron chi connectivity index (χ0n) is 50.2. The average Bonchev–Trinajstić information content (AvgIpc) is 1.66. The van der Waals surface area contributed by atoms with Crippen molar-refractivity contribution in [3.8, 4) is 0 Å². The molecule has 4 aliphatic carbocycles. The quantitative estimate of drug-likeness (QED) is 0.0631. The Morgan fingerprint density at radius 2 is 1.20 bits per heavy atom. The van der Waals surface area contributed by atoms with Crippen LogP contribution in [0, 0.1) is 22.7 Å². The van der Waals surface area contributed by atoms with E-state index in [4.69, 9.17) is 61.6 Å². The van der Waals surface area contributed by atoms with Crippen LogP contribution in [0.2, 0.25) is 0 Å². The van der Waals surface area contributed by atoms with Crippen molar-refractivity contribution in [3.63, 3.8) is 0 Å². The monoisotopic (exact) mass is 1200 g/mol. The number of Topliss-reactive ketones (excluding diaryl/α,β-unsaturated/α-hetero) is 1. The normalized spacial score (nSPS) is 49.3. The van der Waals surface area contributed by atoms with Crippen LogP contribution in [-0.2, 0) is 71.2 Å². The molecule has 8 N–H and O–H groups in total. The fourth-order valence-corrected chi connectivity index (χ4v) is 16.2. The van der Waals surface area contributed by atoms with E-state index in [1.807, 2.05) is 57.2 Å². The molecule has 0 unspecified atom stereocenters. The Bertz CT molecular complexity index is 2480. The second kappa shape index (κ2) is 26.1. The average molecular weight is 1210 g/mol. The molecule has 85 heavy (non-hydrogen) atoms. The predicted molar refractivity (Wildman–Crippen MR) is 297 cm³/mol. The largest absolute Gasteiger partial charge is 0.458 e. The molecule has 0 aromatic heterocycles. The number of ether oxygens (including phenoxy) is 13. The number of carbonyl (C=O) groups excluding carboxylic acids is 2. The summed E-state index contributed by atoms with van der Waals surface area (Å²) >= 11 is 0. The Morgan fingerprint density at radius 1 is 0.659 bits per heavy atom. The number of fused-ring (bicyclic) bond motifs is 5. The maximum atomic E-state index is 13.6. The smallest absolute Gasteiger partial charge is 0.331 e. The number of hydrogen-bond acceptors (Lipinski definition) is 23. The van der Waals surface area contributed by atoms with Gasteiger partial charge >= 0.3 is 5.97 Å². The molecule has 0 radical (unpaired) electrons. The minimum atomic E-state index is -1.72. The van der Waals surface area contributed by atoms with Crippen molar-refractivity contribution in [2.75, 3.05) is 20.8 Å². The van der Waals surface area contributed by atoms with Gasteiger partial charge in [-0.15, -0.1) is 0 Å². The van der Waals surface area contributed by atoms with Gasteiger partial charge < -0.3 is 102 Å². The summed E-state index contributed by atoms with van der Waals surface area (Å²) in [6.45, 7) is 11.9. The topological polar surface area (TPSA) is 316 Å². The molecule has 3 saturated carbocycles. The van der Waals surface area contributed by atoms with Gasteiger partial charge in [-0.25, -0.2) is 4.79 Å². The summed E-state index contributed by atoms with van der Waals surface area (Å²) in [5.74, 6) is -1.81. The van der Waals surface area contributed by atoms with Gasteiger partial charge in [-0.3, -0.25) is 4.79 Å². The lowest BCUT2D eigenvalue weighted by Gasteiger charge is -2.66. The minimum Gasteiger partial charge on any atom is -0.458 e. The van der Waals surface area contributed by atoms with E-state index in [9.17, 15) is 50.4 Å². The Kier molecular flexibility index (Phi) is 20.0. The van der Waals surface area contributed by atoms with Gasteiger partial charge in [-0.05, 0) is 96.6 Å². The zero-order valence-corrected chi connectivity index (χ0v) is 50.2. The van der Waals surface area contributed by atoms with Crippen molar-refractivity contribution in [3.05, 3.63) is 53.6 Å². The summed E-state index contributed by atoms with van der Waals surface area (Å²) in [5, 5.41) is 89.8. The standard InChI is InChI=1S/C62H92O23/c1-30(64)38-19-22-62(72)60(38,7)45(81-46(67)16-15-35-13-11-10-12-14-35)28-44-59(6)20-18-37(23-36(59)17-21-61(44,62)71)79-47-24-39(65)54(31(2)75-47)82-49-26-41(73-8)56(33(4)77-49)84-48-25-40(66)55(32(3)76-48)83-50-27-42(74-9)57(34(5)78-50)85-58-53(70)52(69)51(68)43(29-63)80-58/h10-17,31-34,37-45,47-58,63,65-66,68-72H,18-29H2,1-9H3/t31-,32-,33-,34-,37+,38+,39+,40+,41-,42-,43-,44-,45-,47+,48+,49+,50+,51-,52+,53-,54-,55-,56-,57-,58+,59+,60+,61+,62-/m1/s1. The lowest BCUT2D eigenvalue weighted by atomic mass is 9.43. The molecule has 5 saturated heterocycles. The number of methoxy groups -OCH3 is 2. The molecule has 0 spiro atoms. The van der Waals surface area contributed by atoms with Gasteiger partial charge in [0.1, 0.15) is 71.9 Å². The van der Waals surface area contributed by atoms with E-state index in [0.29, 0.717) is 25.7 Å². The van der Waals surface area contributed by atoms with Gasteiger partial charge in [-0.1, -0.05) is 55.8 Å². The fraction of sp³-hybridized carbons (Fsp3) is 0.806. The third-order valence-corrected chi connectivity index (χ3v) is 20.9. The highest BCUT2D eigenvalue weighted by Gasteiger charge is 2.77. The van der Waals surface area contributed by atoms with Gasteiger partial charge in [0, 0.05) is 63.2 Å². The summed E-state index contributed by atoms with van der Waals surface area (Å²) in [6.07, 6.45) is -12.2. The van der Waals surface area contributed by atoms with E-state index in [1.54, 1.807) is 27.0 Å². The van der Waals surface area contributed by atoms with Crippen LogP contribution < -0.4 is 0 Å². The highest BCUT2D eigenvalue weighted by molar-refractivity contribution is 5.87. The summed E-state index contributed by atoms with van der Waals surface area (Å²) < 4.78 is 80.7. The number of benzene rings is 1. The van der Waals surface area contributed by atoms with Gasteiger partial charge in [0.25, 0.3) is 0 Å². The lowest BCUT2D eigenvalue weighted by Crippen LogP contribution is -2.75. The van der Waals surface area contributed by atoms with Gasteiger partial charge in [0.05, 0.1) is 61.5 Å². The van der Waals surface area contributed by atoms with Crippen molar-refractivity contribution in [2.24, 2.45) is 22.7 Å². The van der Waals surface area contributed by atoms with Crippen LogP contribution in [0.25, 0.3) is 6.08 Å². The van der Waals surface area contributed by atoms with E-state index in [2.05, 4.69) is 6.92 Å². The van der Waals surface area contributed by atoms with Crippen molar-refractivity contribution in [1.29, 1.82) is 0 Å². The summed E-state index contributed by atoms with van der Waals surface area (Å²) in [6, 6.07) is 9.39. The molecule has 23 nitrogen and oxygen atoms in total. The fourth-order valence-electron chi connectivity index (χ4n) is 16.2. The summed E-state index contributed by atoms with van der Waals surface area (Å²) in [7, 11) is 3.04. The molecule has 10 rings (SSSR count). The van der Waals surface area contributed by atoms with Crippen molar-refractivity contribution in [1.82, 2.24) is 0 Å². The molecule has 8 fully saturated rings. The van der Waals surface area contributed by atoms with Crippen LogP contribution in [0.3, 0.4) is 0 Å². The molecule has 29 atom stereocenters. The highest BCUT2D eigenvalue weighted by Crippen LogP contribution is 2.70. The van der Waals surface area contributed by atoms with Crippen LogP contribution in [-0.4, -0.2) is 226 Å². The van der Waals surface area contributed by atoms with E-state index in [0.717, 1.165) is 11.1 Å². The van der Waals surface area contributed by atoms with Crippen LogP contribution >= 0.6 is 0 Å². The SMILES string of the molecule is CO[C@@H]1C[C@H](O[C@H]2[C@@H](O)C[C@H](O[C@H]3CC[C@@]4(C)C(=CC[C@]5(O)[C@@H]4C[C@@H](OC(=O)C=Cc4ccccc4)[C@]4(C)[C@H](C(C)=O)CC[C@@]45O)C3)O[C@@H]2C)O[C@H](C)[C@H]1O[C@H]1C[C@H](O)[C@H](O[C@H]2C[C@@H](OC)[C@H](O[C@@H]3O[C@H](CO)[C@@H](O)[C@H](O)[C@H]3O)[C@@H](C)O2)[C@@H](C)O1. The molecular weight excluding hydrogens is 1110 g/mol. The van der Waals surface area contributed by atoms with E-state index in [-0.39, 0.29) is 56.8 Å². The van der Waals surface area contributed by atoms with Crippen molar-refractivity contribution < 1.29 is 112 Å². The van der Waals surface area contributed by atoms with Gasteiger partial charge in [0.2, 0.25) is 0 Å². The molecule has 0 bridgehead atoms. The molecule has 1 aromatic carbocycles. The van der Waals surface area contributed by atoms with Crippen LogP contribution in [0.15, 0.2) is 48.1 Å².